The zero-order valence-corrected chi connectivity index (χ0v) is 11.8. The van der Waals surface area contributed by atoms with E-state index in [9.17, 15) is 4.79 Å². The SMILES string of the molecule is CC(NC(=O)Cc1ccc(S)cc1)c1ccsc1. The lowest BCUT2D eigenvalue weighted by Gasteiger charge is -2.12. The standard InChI is InChI=1S/C14H15NOS2/c1-10(12-6-7-18-9-12)15-14(16)8-11-2-4-13(17)5-3-11/h2-7,9-10,17H,8H2,1H3,(H,15,16). The van der Waals surface area contributed by atoms with E-state index in [2.05, 4.69) is 23.3 Å². The molecule has 1 unspecified atom stereocenters. The van der Waals surface area contributed by atoms with Gasteiger partial charge in [-0.3, -0.25) is 4.79 Å². The predicted molar refractivity (Wildman–Crippen MR) is 78.3 cm³/mol. The maximum atomic E-state index is 11.9. The lowest BCUT2D eigenvalue weighted by atomic mass is 10.1. The molecule has 1 aromatic heterocycles. The third-order valence-electron chi connectivity index (χ3n) is 2.72. The fourth-order valence-corrected chi connectivity index (χ4v) is 2.60. The van der Waals surface area contributed by atoms with Gasteiger partial charge in [-0.25, -0.2) is 0 Å². The van der Waals surface area contributed by atoms with Gasteiger partial charge in [0.15, 0.2) is 0 Å². The molecule has 1 atom stereocenters. The first kappa shape index (κ1) is 13.2. The first-order valence-corrected chi connectivity index (χ1v) is 7.13. The Hall–Kier alpha value is -1.26. The monoisotopic (exact) mass is 277 g/mol. The van der Waals surface area contributed by atoms with Crippen LogP contribution < -0.4 is 5.32 Å². The van der Waals surface area contributed by atoms with Crippen molar-refractivity contribution in [3.8, 4) is 0 Å². The second-order valence-corrected chi connectivity index (χ2v) is 5.49. The number of hydrogen-bond donors (Lipinski definition) is 2. The molecule has 18 heavy (non-hydrogen) atoms. The molecule has 1 N–H and O–H groups in total. The Morgan fingerprint density at radius 2 is 2.06 bits per heavy atom. The average molecular weight is 277 g/mol. The van der Waals surface area contributed by atoms with Gasteiger partial charge in [-0.05, 0) is 47.0 Å². The molecular weight excluding hydrogens is 262 g/mol. The number of thiophene rings is 1. The third kappa shape index (κ3) is 3.62. The molecule has 2 nitrogen and oxygen atoms in total. The molecule has 0 saturated carbocycles. The summed E-state index contributed by atoms with van der Waals surface area (Å²) in [6.07, 6.45) is 0.405. The largest absolute Gasteiger partial charge is 0.349 e. The van der Waals surface area contributed by atoms with Crippen molar-refractivity contribution in [2.45, 2.75) is 24.3 Å². The summed E-state index contributed by atoms with van der Waals surface area (Å²) in [6, 6.07) is 9.75. The number of amides is 1. The molecule has 0 fully saturated rings. The van der Waals surface area contributed by atoms with E-state index in [1.807, 2.05) is 42.6 Å². The number of rotatable bonds is 4. The van der Waals surface area contributed by atoms with Crippen molar-refractivity contribution in [1.29, 1.82) is 0 Å². The van der Waals surface area contributed by atoms with Crippen LogP contribution in [-0.2, 0) is 11.2 Å². The molecule has 94 valence electrons. The highest BCUT2D eigenvalue weighted by Gasteiger charge is 2.10. The number of nitrogens with one attached hydrogen (secondary N) is 1. The third-order valence-corrected chi connectivity index (χ3v) is 3.72. The van der Waals surface area contributed by atoms with Crippen LogP contribution in [0.4, 0.5) is 0 Å². The van der Waals surface area contributed by atoms with Crippen LogP contribution in [0.5, 0.6) is 0 Å². The number of thiol groups is 1. The van der Waals surface area contributed by atoms with Gasteiger partial charge in [0.2, 0.25) is 5.91 Å². The van der Waals surface area contributed by atoms with Gasteiger partial charge in [-0.2, -0.15) is 11.3 Å². The van der Waals surface area contributed by atoms with Crippen molar-refractivity contribution in [2.24, 2.45) is 0 Å². The van der Waals surface area contributed by atoms with Gasteiger partial charge in [0.1, 0.15) is 0 Å². The molecule has 1 amide bonds. The molecule has 0 aliphatic heterocycles. The van der Waals surface area contributed by atoms with E-state index in [-0.39, 0.29) is 11.9 Å². The average Bonchev–Trinajstić information content (AvgIpc) is 2.85. The van der Waals surface area contributed by atoms with Gasteiger partial charge in [0.05, 0.1) is 12.5 Å². The Bertz CT molecular complexity index is 505. The molecule has 2 rings (SSSR count). The van der Waals surface area contributed by atoms with Crippen LogP contribution in [-0.4, -0.2) is 5.91 Å². The van der Waals surface area contributed by atoms with Crippen molar-refractivity contribution in [3.63, 3.8) is 0 Å². The molecular formula is C14H15NOS2. The van der Waals surface area contributed by atoms with Crippen molar-refractivity contribution >= 4 is 29.9 Å². The van der Waals surface area contributed by atoms with Crippen LogP contribution in [0.3, 0.4) is 0 Å². The highest BCUT2D eigenvalue weighted by atomic mass is 32.1. The van der Waals surface area contributed by atoms with Gasteiger partial charge in [-0.15, -0.1) is 12.6 Å². The summed E-state index contributed by atoms with van der Waals surface area (Å²) in [4.78, 5) is 12.8. The lowest BCUT2D eigenvalue weighted by molar-refractivity contribution is -0.121. The van der Waals surface area contributed by atoms with Gasteiger partial charge in [0, 0.05) is 4.90 Å². The minimum Gasteiger partial charge on any atom is -0.349 e. The Morgan fingerprint density at radius 1 is 1.33 bits per heavy atom. The maximum absolute atomic E-state index is 11.9. The van der Waals surface area contributed by atoms with E-state index >= 15 is 0 Å². The molecule has 0 spiro atoms. The second-order valence-electron chi connectivity index (χ2n) is 4.19. The van der Waals surface area contributed by atoms with Gasteiger partial charge < -0.3 is 5.32 Å². The Balaban J connectivity index is 1.91. The van der Waals surface area contributed by atoms with Gasteiger partial charge in [-0.1, -0.05) is 12.1 Å². The van der Waals surface area contributed by atoms with E-state index in [1.54, 1.807) is 11.3 Å². The molecule has 0 saturated heterocycles. The van der Waals surface area contributed by atoms with Gasteiger partial charge >= 0.3 is 0 Å². The van der Waals surface area contributed by atoms with Crippen LogP contribution >= 0.6 is 24.0 Å². The zero-order valence-electron chi connectivity index (χ0n) is 10.1. The smallest absolute Gasteiger partial charge is 0.224 e. The maximum Gasteiger partial charge on any atom is 0.224 e. The fourth-order valence-electron chi connectivity index (χ4n) is 1.70. The predicted octanol–water partition coefficient (Wildman–Crippen LogP) is 3.46. The topological polar surface area (TPSA) is 29.1 Å². The minimum atomic E-state index is 0.0422. The molecule has 0 radical (unpaired) electrons. The number of hydrogen-bond acceptors (Lipinski definition) is 3. The number of benzene rings is 1. The molecule has 0 aliphatic rings. The number of carbonyl (C=O) groups is 1. The molecule has 0 aliphatic carbocycles. The van der Waals surface area contributed by atoms with Crippen LogP contribution in [0, 0.1) is 0 Å². The molecule has 1 heterocycles. The van der Waals surface area contributed by atoms with Crippen LogP contribution in [0.2, 0.25) is 0 Å². The highest BCUT2D eigenvalue weighted by Crippen LogP contribution is 2.16. The van der Waals surface area contributed by atoms with E-state index in [0.717, 1.165) is 16.0 Å². The van der Waals surface area contributed by atoms with E-state index < -0.39 is 0 Å². The lowest BCUT2D eigenvalue weighted by Crippen LogP contribution is -2.27. The normalized spacial score (nSPS) is 12.1. The highest BCUT2D eigenvalue weighted by molar-refractivity contribution is 7.80. The molecule has 2 aromatic rings. The Labute approximate surface area is 116 Å². The van der Waals surface area contributed by atoms with Gasteiger partial charge in [0.25, 0.3) is 0 Å². The summed E-state index contributed by atoms with van der Waals surface area (Å²) < 4.78 is 0. The fraction of sp³-hybridized carbons (Fsp3) is 0.214. The van der Waals surface area contributed by atoms with Crippen molar-refractivity contribution in [2.75, 3.05) is 0 Å². The molecule has 0 bridgehead atoms. The molecule has 1 aromatic carbocycles. The molecule has 4 heteroatoms. The van der Waals surface area contributed by atoms with Crippen molar-refractivity contribution < 1.29 is 4.79 Å². The minimum absolute atomic E-state index is 0.0422. The quantitative estimate of drug-likeness (QED) is 0.823. The summed E-state index contributed by atoms with van der Waals surface area (Å²) in [5, 5.41) is 7.07. The van der Waals surface area contributed by atoms with Crippen LogP contribution in [0.25, 0.3) is 0 Å². The Morgan fingerprint density at radius 3 is 2.67 bits per heavy atom. The summed E-state index contributed by atoms with van der Waals surface area (Å²) in [7, 11) is 0. The first-order chi connectivity index (χ1) is 8.65. The number of carbonyl (C=O) groups excluding carboxylic acids is 1. The van der Waals surface area contributed by atoms with Crippen molar-refractivity contribution in [1.82, 2.24) is 5.32 Å². The van der Waals surface area contributed by atoms with Crippen LogP contribution in [0.15, 0.2) is 46.0 Å². The summed E-state index contributed by atoms with van der Waals surface area (Å²) in [5.74, 6) is 0.0422. The summed E-state index contributed by atoms with van der Waals surface area (Å²) >= 11 is 5.86. The Kier molecular flexibility index (Phi) is 4.44. The zero-order chi connectivity index (χ0) is 13.0. The van der Waals surface area contributed by atoms with E-state index in [0.29, 0.717) is 6.42 Å². The first-order valence-electron chi connectivity index (χ1n) is 5.74. The summed E-state index contributed by atoms with van der Waals surface area (Å²) in [6.45, 7) is 2.00. The van der Waals surface area contributed by atoms with E-state index in [1.165, 1.54) is 0 Å². The summed E-state index contributed by atoms with van der Waals surface area (Å²) in [5.41, 5.74) is 2.15. The van der Waals surface area contributed by atoms with Crippen molar-refractivity contribution in [3.05, 3.63) is 52.2 Å². The second kappa shape index (κ2) is 6.07. The van der Waals surface area contributed by atoms with E-state index in [4.69, 9.17) is 0 Å². The van der Waals surface area contributed by atoms with Crippen LogP contribution in [0.1, 0.15) is 24.1 Å².